The second-order valence-electron chi connectivity index (χ2n) is 7.23. The van der Waals surface area contributed by atoms with Crippen molar-refractivity contribution in [2.45, 2.75) is 110 Å². The molecular formula is C22H41ClO4. The number of rotatable bonds is 20. The van der Waals surface area contributed by atoms with Gasteiger partial charge in [-0.25, -0.2) is 0 Å². The predicted molar refractivity (Wildman–Crippen MR) is 112 cm³/mol. The smallest absolute Gasteiger partial charge is 0.306 e. The van der Waals surface area contributed by atoms with Gasteiger partial charge in [0.25, 0.3) is 0 Å². The first-order valence-corrected chi connectivity index (χ1v) is 11.6. The maximum Gasteiger partial charge on any atom is 0.306 e. The van der Waals surface area contributed by atoms with Crippen molar-refractivity contribution in [3.63, 3.8) is 0 Å². The number of carbonyl (C=O) groups is 2. The Morgan fingerprint density at radius 2 is 0.963 bits per heavy atom. The predicted octanol–water partition coefficient (Wildman–Crippen LogP) is 6.57. The van der Waals surface area contributed by atoms with E-state index in [0.717, 1.165) is 44.4 Å². The lowest BCUT2D eigenvalue weighted by Gasteiger charge is -2.06. The molecule has 0 aliphatic heterocycles. The molecule has 160 valence electrons. The minimum absolute atomic E-state index is 0.117. The Kier molecular flexibility index (Phi) is 20.9. The minimum atomic E-state index is -0.304. The van der Waals surface area contributed by atoms with Crippen molar-refractivity contribution < 1.29 is 19.1 Å². The van der Waals surface area contributed by atoms with E-state index in [0.29, 0.717) is 13.2 Å². The van der Waals surface area contributed by atoms with Crippen molar-refractivity contribution in [3.8, 4) is 0 Å². The van der Waals surface area contributed by atoms with Crippen LogP contribution in [0.25, 0.3) is 0 Å². The minimum Gasteiger partial charge on any atom is -0.466 e. The van der Waals surface area contributed by atoms with Crippen molar-refractivity contribution in [2.24, 2.45) is 0 Å². The number of halogens is 1. The van der Waals surface area contributed by atoms with E-state index in [1.165, 1.54) is 51.4 Å². The van der Waals surface area contributed by atoms with Gasteiger partial charge in [0, 0.05) is 5.88 Å². The van der Waals surface area contributed by atoms with Crippen molar-refractivity contribution in [2.75, 3.05) is 19.1 Å². The molecule has 0 aliphatic rings. The van der Waals surface area contributed by atoms with Crippen molar-refractivity contribution in [3.05, 3.63) is 0 Å². The number of alkyl halides is 1. The zero-order valence-electron chi connectivity index (χ0n) is 17.4. The van der Waals surface area contributed by atoms with Crippen LogP contribution >= 0.6 is 11.6 Å². The molecule has 0 radical (unpaired) electrons. The Morgan fingerprint density at radius 1 is 0.593 bits per heavy atom. The summed E-state index contributed by atoms with van der Waals surface area (Å²) in [5.41, 5.74) is 0. The third kappa shape index (κ3) is 21.4. The van der Waals surface area contributed by atoms with Gasteiger partial charge in [0.1, 0.15) is 0 Å². The van der Waals surface area contributed by atoms with Gasteiger partial charge in [-0.3, -0.25) is 9.59 Å². The quantitative estimate of drug-likeness (QED) is 0.131. The number of esters is 2. The molecule has 0 saturated carbocycles. The number of hydrogen-bond acceptors (Lipinski definition) is 4. The van der Waals surface area contributed by atoms with Crippen LogP contribution in [0.1, 0.15) is 110 Å². The van der Waals surface area contributed by atoms with Crippen LogP contribution in [0, 0.1) is 0 Å². The summed E-state index contributed by atoms with van der Waals surface area (Å²) in [5.74, 6) is 0.134. The van der Waals surface area contributed by atoms with Gasteiger partial charge >= 0.3 is 11.9 Å². The van der Waals surface area contributed by atoms with Crippen LogP contribution in [0.3, 0.4) is 0 Å². The van der Waals surface area contributed by atoms with Gasteiger partial charge < -0.3 is 9.47 Å². The third-order valence-corrected chi connectivity index (χ3v) is 4.85. The Bertz CT molecular complexity index is 347. The standard InChI is InChI=1S/C22H41ClO4/c1-2-3-4-5-6-8-11-14-19-26-21(24)16-17-22(25)27-20-15-12-9-7-10-13-18-23/h2-20H2,1H3. The first-order valence-electron chi connectivity index (χ1n) is 11.1. The Balaban J connectivity index is 3.32. The Morgan fingerprint density at radius 3 is 1.37 bits per heavy atom. The lowest BCUT2D eigenvalue weighted by molar-refractivity contribution is -0.150. The monoisotopic (exact) mass is 404 g/mol. The molecular weight excluding hydrogens is 364 g/mol. The number of ether oxygens (including phenoxy) is 2. The number of hydrogen-bond donors (Lipinski definition) is 0. The van der Waals surface area contributed by atoms with Gasteiger partial charge in [0.2, 0.25) is 0 Å². The SMILES string of the molecule is CCCCCCCCCCOC(=O)CCC(=O)OCCCCCCCCCl. The van der Waals surface area contributed by atoms with Gasteiger partial charge in [0.15, 0.2) is 0 Å². The van der Waals surface area contributed by atoms with Crippen LogP contribution in [-0.2, 0) is 19.1 Å². The average molecular weight is 405 g/mol. The molecule has 0 N–H and O–H groups in total. The Labute approximate surface area is 171 Å². The van der Waals surface area contributed by atoms with E-state index in [9.17, 15) is 9.59 Å². The van der Waals surface area contributed by atoms with E-state index >= 15 is 0 Å². The van der Waals surface area contributed by atoms with Gasteiger partial charge in [-0.05, 0) is 19.3 Å². The molecule has 5 heteroatoms. The van der Waals surface area contributed by atoms with Crippen LogP contribution < -0.4 is 0 Å². The summed E-state index contributed by atoms with van der Waals surface area (Å²) >= 11 is 5.63. The summed E-state index contributed by atoms with van der Waals surface area (Å²) < 4.78 is 10.3. The lowest BCUT2D eigenvalue weighted by Crippen LogP contribution is -2.11. The summed E-state index contributed by atoms with van der Waals surface area (Å²) in [4.78, 5) is 23.2. The molecule has 0 unspecified atom stereocenters. The fourth-order valence-electron chi connectivity index (χ4n) is 2.86. The molecule has 0 fully saturated rings. The maximum atomic E-state index is 11.6. The molecule has 0 aromatic heterocycles. The molecule has 0 bridgehead atoms. The van der Waals surface area contributed by atoms with Crippen molar-refractivity contribution in [1.82, 2.24) is 0 Å². The summed E-state index contributed by atoms with van der Waals surface area (Å²) in [5, 5.41) is 0. The van der Waals surface area contributed by atoms with E-state index in [1.54, 1.807) is 0 Å². The molecule has 0 aliphatic carbocycles. The maximum absolute atomic E-state index is 11.6. The molecule has 4 nitrogen and oxygen atoms in total. The Hall–Kier alpha value is -0.770. The fourth-order valence-corrected chi connectivity index (χ4v) is 3.05. The van der Waals surface area contributed by atoms with Crippen molar-refractivity contribution >= 4 is 23.5 Å². The molecule has 0 atom stereocenters. The summed E-state index contributed by atoms with van der Waals surface area (Å²) in [6.07, 6.45) is 16.5. The molecule has 0 heterocycles. The summed E-state index contributed by atoms with van der Waals surface area (Å²) in [6.45, 7) is 3.13. The van der Waals surface area contributed by atoms with Gasteiger partial charge in [-0.1, -0.05) is 77.6 Å². The van der Waals surface area contributed by atoms with Crippen LogP contribution in [0.15, 0.2) is 0 Å². The van der Waals surface area contributed by atoms with E-state index < -0.39 is 0 Å². The van der Waals surface area contributed by atoms with Crippen LogP contribution in [0.2, 0.25) is 0 Å². The summed E-state index contributed by atoms with van der Waals surface area (Å²) in [6, 6.07) is 0. The van der Waals surface area contributed by atoms with E-state index in [4.69, 9.17) is 21.1 Å². The molecule has 0 spiro atoms. The van der Waals surface area contributed by atoms with Gasteiger partial charge in [0.05, 0.1) is 26.1 Å². The topological polar surface area (TPSA) is 52.6 Å². The largest absolute Gasteiger partial charge is 0.466 e. The number of carbonyl (C=O) groups excluding carboxylic acids is 2. The van der Waals surface area contributed by atoms with E-state index in [1.807, 2.05) is 0 Å². The number of unbranched alkanes of at least 4 members (excludes halogenated alkanes) is 12. The third-order valence-electron chi connectivity index (χ3n) is 4.59. The molecule has 0 saturated heterocycles. The second-order valence-corrected chi connectivity index (χ2v) is 7.60. The molecule has 0 rings (SSSR count). The second kappa shape index (κ2) is 21.5. The van der Waals surface area contributed by atoms with Gasteiger partial charge in [-0.15, -0.1) is 11.6 Å². The summed E-state index contributed by atoms with van der Waals surface area (Å²) in [7, 11) is 0. The normalized spacial score (nSPS) is 10.7. The van der Waals surface area contributed by atoms with E-state index in [2.05, 4.69) is 6.92 Å². The van der Waals surface area contributed by atoms with Crippen molar-refractivity contribution in [1.29, 1.82) is 0 Å². The highest BCUT2D eigenvalue weighted by Crippen LogP contribution is 2.09. The first kappa shape index (κ1) is 26.2. The molecule has 0 amide bonds. The van der Waals surface area contributed by atoms with Gasteiger partial charge in [-0.2, -0.15) is 0 Å². The molecule has 0 aromatic carbocycles. The lowest BCUT2D eigenvalue weighted by atomic mass is 10.1. The van der Waals surface area contributed by atoms with Crippen LogP contribution in [0.5, 0.6) is 0 Å². The fraction of sp³-hybridized carbons (Fsp3) is 0.909. The highest BCUT2D eigenvalue weighted by molar-refractivity contribution is 6.17. The van der Waals surface area contributed by atoms with Crippen LogP contribution in [-0.4, -0.2) is 31.0 Å². The highest BCUT2D eigenvalue weighted by Gasteiger charge is 2.09. The molecule has 27 heavy (non-hydrogen) atoms. The zero-order valence-corrected chi connectivity index (χ0v) is 18.2. The zero-order chi connectivity index (χ0) is 20.0. The average Bonchev–Trinajstić information content (AvgIpc) is 2.67. The molecule has 0 aromatic rings. The van der Waals surface area contributed by atoms with Crippen LogP contribution in [0.4, 0.5) is 0 Å². The first-order chi connectivity index (χ1) is 13.2. The highest BCUT2D eigenvalue weighted by atomic mass is 35.5. The van der Waals surface area contributed by atoms with E-state index in [-0.39, 0.29) is 24.8 Å².